The molecule has 0 bridgehead atoms. The number of allylic oxidation sites excluding steroid dienone is 1. The highest BCUT2D eigenvalue weighted by Gasteiger charge is 2.29. The topological polar surface area (TPSA) is 70.9 Å². The van der Waals surface area contributed by atoms with E-state index in [1.807, 2.05) is 24.3 Å². The zero-order chi connectivity index (χ0) is 16.1. The monoisotopic (exact) mass is 320 g/mol. The first-order chi connectivity index (χ1) is 10.6. The normalized spacial score (nSPS) is 17.8. The summed E-state index contributed by atoms with van der Waals surface area (Å²) in [6.07, 6.45) is 1.03. The molecule has 118 valence electrons. The number of aliphatic imine (C=N–C) groups is 1. The van der Waals surface area contributed by atoms with Gasteiger partial charge in [0.05, 0.1) is 12.7 Å². The van der Waals surface area contributed by atoms with Crippen LogP contribution in [0.4, 0.5) is 0 Å². The van der Waals surface area contributed by atoms with Crippen LogP contribution >= 0.6 is 11.8 Å². The van der Waals surface area contributed by atoms with Crippen LogP contribution in [0.15, 0.2) is 40.5 Å². The van der Waals surface area contributed by atoms with E-state index in [1.54, 1.807) is 25.8 Å². The van der Waals surface area contributed by atoms with Gasteiger partial charge >= 0.3 is 5.97 Å². The van der Waals surface area contributed by atoms with Crippen LogP contribution in [0.5, 0.6) is 5.75 Å². The second-order valence-electron chi connectivity index (χ2n) is 4.93. The Kier molecular flexibility index (Phi) is 5.49. The van der Waals surface area contributed by atoms with Crippen molar-refractivity contribution in [1.82, 2.24) is 5.32 Å². The average Bonchev–Trinajstić information content (AvgIpc) is 2.51. The number of rotatable bonds is 5. The lowest BCUT2D eigenvalue weighted by Gasteiger charge is -2.24. The van der Waals surface area contributed by atoms with Gasteiger partial charge in [-0.2, -0.15) is 0 Å². The first kappa shape index (κ1) is 16.4. The molecule has 0 aromatic heterocycles. The standard InChI is InChI=1S/C16H20N2O3S/c1-4-8-22-16-17-10(2)13(15(19)20)14(18-16)11-6-5-7-12(9-11)21-3/h5-7,9,14H,4,8H2,1-3H3,(H,17,18)(H,19,20). The molecular weight excluding hydrogens is 300 g/mol. The van der Waals surface area contributed by atoms with E-state index in [9.17, 15) is 9.90 Å². The van der Waals surface area contributed by atoms with E-state index in [0.717, 1.165) is 22.9 Å². The van der Waals surface area contributed by atoms with Gasteiger partial charge < -0.3 is 15.2 Å². The summed E-state index contributed by atoms with van der Waals surface area (Å²) in [6, 6.07) is 6.86. The van der Waals surface area contributed by atoms with Gasteiger partial charge in [-0.25, -0.2) is 9.79 Å². The van der Waals surface area contributed by atoms with Gasteiger partial charge in [0, 0.05) is 11.4 Å². The Morgan fingerprint density at radius 2 is 2.27 bits per heavy atom. The molecule has 0 amide bonds. The predicted octanol–water partition coefficient (Wildman–Crippen LogP) is 3.20. The molecule has 0 radical (unpaired) electrons. The molecule has 22 heavy (non-hydrogen) atoms. The number of methoxy groups -OCH3 is 1. The summed E-state index contributed by atoms with van der Waals surface area (Å²) >= 11 is 1.60. The molecule has 2 rings (SSSR count). The lowest BCUT2D eigenvalue weighted by Crippen LogP contribution is -2.29. The zero-order valence-electron chi connectivity index (χ0n) is 12.9. The maximum atomic E-state index is 11.6. The molecule has 0 saturated heterocycles. The highest BCUT2D eigenvalue weighted by Crippen LogP contribution is 2.33. The van der Waals surface area contributed by atoms with E-state index in [4.69, 9.17) is 4.74 Å². The van der Waals surface area contributed by atoms with Crippen molar-refractivity contribution in [3.63, 3.8) is 0 Å². The number of hydrogen-bond acceptors (Lipinski definition) is 5. The van der Waals surface area contributed by atoms with E-state index in [0.29, 0.717) is 11.4 Å². The molecule has 1 aliphatic heterocycles. The smallest absolute Gasteiger partial charge is 0.335 e. The van der Waals surface area contributed by atoms with Crippen LogP contribution in [-0.2, 0) is 4.79 Å². The average molecular weight is 320 g/mol. The fourth-order valence-electron chi connectivity index (χ4n) is 2.25. The molecule has 0 spiro atoms. The molecule has 1 aromatic rings. The number of benzene rings is 1. The second kappa shape index (κ2) is 7.35. The molecule has 1 aliphatic rings. The number of carboxylic acid groups (broad SMARTS) is 1. The molecule has 2 N–H and O–H groups in total. The van der Waals surface area contributed by atoms with Crippen molar-refractivity contribution in [2.75, 3.05) is 12.9 Å². The Morgan fingerprint density at radius 1 is 1.50 bits per heavy atom. The summed E-state index contributed by atoms with van der Waals surface area (Å²) in [5.74, 6) is 0.671. The van der Waals surface area contributed by atoms with Crippen molar-refractivity contribution in [2.45, 2.75) is 26.3 Å². The zero-order valence-corrected chi connectivity index (χ0v) is 13.7. The van der Waals surface area contributed by atoms with Gasteiger partial charge in [-0.3, -0.25) is 0 Å². The van der Waals surface area contributed by atoms with Gasteiger partial charge in [-0.1, -0.05) is 30.8 Å². The number of nitrogens with one attached hydrogen (secondary N) is 1. The highest BCUT2D eigenvalue weighted by molar-refractivity contribution is 8.13. The van der Waals surface area contributed by atoms with Crippen LogP contribution in [-0.4, -0.2) is 29.1 Å². The maximum Gasteiger partial charge on any atom is 0.335 e. The van der Waals surface area contributed by atoms with Crippen molar-refractivity contribution >= 4 is 22.9 Å². The first-order valence-electron chi connectivity index (χ1n) is 7.12. The van der Waals surface area contributed by atoms with Crippen molar-refractivity contribution in [1.29, 1.82) is 0 Å². The van der Waals surface area contributed by atoms with Gasteiger partial charge in [0.2, 0.25) is 0 Å². The molecule has 1 atom stereocenters. The summed E-state index contributed by atoms with van der Waals surface area (Å²) in [4.78, 5) is 16.2. The van der Waals surface area contributed by atoms with Crippen molar-refractivity contribution in [3.05, 3.63) is 41.1 Å². The molecule has 1 unspecified atom stereocenters. The van der Waals surface area contributed by atoms with E-state index < -0.39 is 12.0 Å². The number of carbonyl (C=O) groups is 1. The summed E-state index contributed by atoms with van der Waals surface area (Å²) in [6.45, 7) is 3.87. The molecule has 0 aliphatic carbocycles. The highest BCUT2D eigenvalue weighted by atomic mass is 32.2. The number of aliphatic carboxylic acids is 1. The number of hydrogen-bond donors (Lipinski definition) is 2. The Balaban J connectivity index is 2.42. The Hall–Kier alpha value is -1.95. The number of ether oxygens (including phenoxy) is 1. The second-order valence-corrected chi connectivity index (χ2v) is 6.01. The quantitative estimate of drug-likeness (QED) is 0.872. The number of carboxylic acids is 1. The van der Waals surface area contributed by atoms with Gasteiger partial charge in [-0.05, 0) is 31.0 Å². The van der Waals surface area contributed by atoms with E-state index in [-0.39, 0.29) is 5.57 Å². The largest absolute Gasteiger partial charge is 0.497 e. The molecule has 5 nitrogen and oxygen atoms in total. The third kappa shape index (κ3) is 3.62. The van der Waals surface area contributed by atoms with Crippen molar-refractivity contribution in [3.8, 4) is 5.75 Å². The fraction of sp³-hybridized carbons (Fsp3) is 0.375. The Bertz CT molecular complexity index is 626. The number of amidine groups is 1. The van der Waals surface area contributed by atoms with Crippen LogP contribution in [0.2, 0.25) is 0 Å². The fourth-order valence-corrected chi connectivity index (χ4v) is 3.05. The van der Waals surface area contributed by atoms with Crippen molar-refractivity contribution < 1.29 is 14.6 Å². The maximum absolute atomic E-state index is 11.6. The van der Waals surface area contributed by atoms with E-state index in [2.05, 4.69) is 17.2 Å². The van der Waals surface area contributed by atoms with Gasteiger partial charge in [0.1, 0.15) is 11.8 Å². The third-order valence-corrected chi connectivity index (χ3v) is 4.39. The van der Waals surface area contributed by atoms with Crippen LogP contribution in [0, 0.1) is 0 Å². The third-order valence-electron chi connectivity index (χ3n) is 3.30. The lowest BCUT2D eigenvalue weighted by molar-refractivity contribution is -0.133. The summed E-state index contributed by atoms with van der Waals surface area (Å²) < 4.78 is 5.23. The van der Waals surface area contributed by atoms with Gasteiger partial charge in [0.15, 0.2) is 5.17 Å². The summed E-state index contributed by atoms with van der Waals surface area (Å²) in [5, 5.41) is 13.4. The van der Waals surface area contributed by atoms with Crippen LogP contribution in [0.3, 0.4) is 0 Å². The SMILES string of the molecule is CCCSC1=NC(c2cccc(OC)c2)C(C(=O)O)=C(C)N1. The number of nitrogens with zero attached hydrogens (tertiary/aromatic N) is 1. The molecule has 0 fully saturated rings. The summed E-state index contributed by atoms with van der Waals surface area (Å²) in [7, 11) is 1.59. The minimum absolute atomic E-state index is 0.272. The van der Waals surface area contributed by atoms with Gasteiger partial charge in [-0.15, -0.1) is 0 Å². The van der Waals surface area contributed by atoms with Crippen LogP contribution in [0.1, 0.15) is 31.9 Å². The Morgan fingerprint density at radius 3 is 2.91 bits per heavy atom. The molecule has 6 heteroatoms. The lowest BCUT2D eigenvalue weighted by atomic mass is 9.96. The molecule has 1 aromatic carbocycles. The predicted molar refractivity (Wildman–Crippen MR) is 89.4 cm³/mol. The van der Waals surface area contributed by atoms with E-state index in [1.165, 1.54) is 0 Å². The molecule has 1 heterocycles. The van der Waals surface area contributed by atoms with Crippen LogP contribution < -0.4 is 10.1 Å². The first-order valence-corrected chi connectivity index (χ1v) is 8.11. The molecule has 0 saturated carbocycles. The summed E-state index contributed by atoms with van der Waals surface area (Å²) in [5.41, 5.74) is 1.72. The van der Waals surface area contributed by atoms with E-state index >= 15 is 0 Å². The van der Waals surface area contributed by atoms with Crippen molar-refractivity contribution in [2.24, 2.45) is 4.99 Å². The van der Waals surface area contributed by atoms with Gasteiger partial charge in [0.25, 0.3) is 0 Å². The minimum atomic E-state index is -0.957. The Labute approximate surface area is 134 Å². The number of thioether (sulfide) groups is 1. The molecular formula is C16H20N2O3S. The van der Waals surface area contributed by atoms with Crippen LogP contribution in [0.25, 0.3) is 0 Å². The minimum Gasteiger partial charge on any atom is -0.497 e.